The summed E-state index contributed by atoms with van der Waals surface area (Å²) in [5.74, 6) is 1.60. The van der Waals surface area contributed by atoms with Crippen molar-refractivity contribution in [3.8, 4) is 0 Å². The summed E-state index contributed by atoms with van der Waals surface area (Å²) in [4.78, 5) is 2.49. The first-order chi connectivity index (χ1) is 4.90. The van der Waals surface area contributed by atoms with Gasteiger partial charge in [0.1, 0.15) is 7.11 Å². The number of hydrogen-bond acceptors (Lipinski definition) is 2. The Balaban J connectivity index is 1.90. The molecule has 2 saturated heterocycles. The van der Waals surface area contributed by atoms with Crippen LogP contribution in [0, 0.1) is 18.9 Å². The molecule has 2 nitrogen and oxygen atoms in total. The van der Waals surface area contributed by atoms with Gasteiger partial charge >= 0.3 is 0 Å². The molecule has 0 aromatic rings. The highest BCUT2D eigenvalue weighted by molar-refractivity contribution is 4.90. The largest absolute Gasteiger partial charge is 0.372 e. The summed E-state index contributed by atoms with van der Waals surface area (Å²) in [7, 11) is 5.02. The summed E-state index contributed by atoms with van der Waals surface area (Å²) in [6.45, 7) is 4.54. The molecule has 2 aliphatic rings. The van der Waals surface area contributed by atoms with Crippen LogP contribution in [0.3, 0.4) is 0 Å². The van der Waals surface area contributed by atoms with E-state index in [1.165, 1.54) is 26.1 Å². The van der Waals surface area contributed by atoms with Gasteiger partial charge in [-0.2, -0.15) is 0 Å². The zero-order valence-electron chi connectivity index (χ0n) is 6.12. The van der Waals surface area contributed by atoms with Crippen LogP contribution in [0.15, 0.2) is 0 Å². The van der Waals surface area contributed by atoms with Crippen LogP contribution in [0.4, 0.5) is 0 Å². The molecule has 0 N–H and O–H groups in total. The van der Waals surface area contributed by atoms with Crippen LogP contribution in [0.25, 0.3) is 0 Å². The minimum atomic E-state index is 0.721. The van der Waals surface area contributed by atoms with Gasteiger partial charge in [-0.25, -0.2) is 0 Å². The average Bonchev–Trinajstić information content (AvgIpc) is 2.48. The van der Waals surface area contributed by atoms with Gasteiger partial charge in [-0.1, -0.05) is 0 Å². The van der Waals surface area contributed by atoms with Crippen LogP contribution in [-0.2, 0) is 4.74 Å². The SMILES string of the molecule is [CH]OCC1CN2CCC1C2. The Labute approximate surface area is 62.2 Å². The molecule has 2 radical (unpaired) electrons. The second kappa shape index (κ2) is 2.51. The van der Waals surface area contributed by atoms with E-state index in [9.17, 15) is 0 Å². The molecule has 0 amide bonds. The lowest BCUT2D eigenvalue weighted by molar-refractivity contribution is 0.152. The first kappa shape index (κ1) is 6.62. The van der Waals surface area contributed by atoms with Crippen molar-refractivity contribution in [2.75, 3.05) is 26.2 Å². The fraction of sp³-hybridized carbons (Fsp3) is 0.875. The van der Waals surface area contributed by atoms with E-state index in [2.05, 4.69) is 9.64 Å². The molecule has 3 unspecified atom stereocenters. The predicted molar refractivity (Wildman–Crippen MR) is 38.3 cm³/mol. The maximum absolute atomic E-state index is 5.02. The summed E-state index contributed by atoms with van der Waals surface area (Å²) >= 11 is 0. The van der Waals surface area contributed by atoms with Crippen molar-refractivity contribution >= 4 is 0 Å². The highest BCUT2D eigenvalue weighted by atomic mass is 16.5. The second-order valence-electron chi connectivity index (χ2n) is 3.40. The van der Waals surface area contributed by atoms with Crippen molar-refractivity contribution in [1.82, 2.24) is 4.90 Å². The van der Waals surface area contributed by atoms with E-state index in [1.54, 1.807) is 0 Å². The Morgan fingerprint density at radius 2 is 2.40 bits per heavy atom. The van der Waals surface area contributed by atoms with E-state index in [4.69, 9.17) is 7.11 Å². The molecule has 2 heterocycles. The molecular weight excluding hydrogens is 126 g/mol. The normalized spacial score (nSPS) is 44.7. The molecule has 2 bridgehead atoms. The maximum atomic E-state index is 5.02. The number of rotatable bonds is 2. The third kappa shape index (κ3) is 0.956. The summed E-state index contributed by atoms with van der Waals surface area (Å²) in [5, 5.41) is 0. The van der Waals surface area contributed by atoms with Crippen molar-refractivity contribution in [1.29, 1.82) is 0 Å². The fourth-order valence-corrected chi connectivity index (χ4v) is 2.21. The molecule has 2 heteroatoms. The predicted octanol–water partition coefficient (Wildman–Crippen LogP) is 0.623. The zero-order chi connectivity index (χ0) is 6.97. The van der Waals surface area contributed by atoms with Crippen molar-refractivity contribution in [3.05, 3.63) is 7.11 Å². The number of fused-ring (bicyclic) bond motifs is 2. The smallest absolute Gasteiger partial charge is 0.115 e. The molecule has 0 saturated carbocycles. The van der Waals surface area contributed by atoms with E-state index < -0.39 is 0 Å². The topological polar surface area (TPSA) is 12.5 Å². The summed E-state index contributed by atoms with van der Waals surface area (Å²) < 4.78 is 4.65. The highest BCUT2D eigenvalue weighted by Crippen LogP contribution is 2.32. The number of piperidine rings is 1. The second-order valence-corrected chi connectivity index (χ2v) is 3.40. The number of hydrogen-bond donors (Lipinski definition) is 0. The standard InChI is InChI=1S/C8H13NO/c1-10-6-8-5-9-3-2-7(8)4-9/h1,7-8H,2-6H2. The molecular formula is C8H13NO. The van der Waals surface area contributed by atoms with E-state index >= 15 is 0 Å². The molecule has 0 aliphatic carbocycles. The molecule has 2 fully saturated rings. The summed E-state index contributed by atoms with van der Waals surface area (Å²) in [6.07, 6.45) is 1.36. The monoisotopic (exact) mass is 139 g/mol. The van der Waals surface area contributed by atoms with Gasteiger partial charge in [0, 0.05) is 13.1 Å². The van der Waals surface area contributed by atoms with Crippen LogP contribution in [0.5, 0.6) is 0 Å². The van der Waals surface area contributed by atoms with Crippen LogP contribution in [0.2, 0.25) is 0 Å². The van der Waals surface area contributed by atoms with E-state index in [0.717, 1.165) is 18.4 Å². The third-order valence-electron chi connectivity index (χ3n) is 2.78. The van der Waals surface area contributed by atoms with Crippen LogP contribution in [-0.4, -0.2) is 31.1 Å². The molecule has 2 aliphatic heterocycles. The lowest BCUT2D eigenvalue weighted by atomic mass is 9.94. The Hall–Kier alpha value is -0.0800. The van der Waals surface area contributed by atoms with Gasteiger partial charge < -0.3 is 9.64 Å². The quantitative estimate of drug-likeness (QED) is 0.556. The Morgan fingerprint density at radius 1 is 1.50 bits per heavy atom. The van der Waals surface area contributed by atoms with Gasteiger partial charge in [0.25, 0.3) is 0 Å². The Bertz CT molecular complexity index is 126. The molecule has 0 spiro atoms. The maximum Gasteiger partial charge on any atom is 0.115 e. The van der Waals surface area contributed by atoms with Crippen molar-refractivity contribution < 1.29 is 4.74 Å². The van der Waals surface area contributed by atoms with Crippen LogP contribution >= 0.6 is 0 Å². The first-order valence-electron chi connectivity index (χ1n) is 3.94. The Kier molecular flexibility index (Phi) is 1.66. The van der Waals surface area contributed by atoms with E-state index in [-0.39, 0.29) is 0 Å². The third-order valence-corrected chi connectivity index (χ3v) is 2.78. The lowest BCUT2D eigenvalue weighted by Gasteiger charge is -2.20. The number of ether oxygens (including phenoxy) is 1. The number of nitrogens with zero attached hydrogens (tertiary/aromatic N) is 1. The minimum Gasteiger partial charge on any atom is -0.372 e. The van der Waals surface area contributed by atoms with Gasteiger partial charge in [0.15, 0.2) is 0 Å². The van der Waals surface area contributed by atoms with Gasteiger partial charge in [-0.05, 0) is 24.8 Å². The summed E-state index contributed by atoms with van der Waals surface area (Å²) in [5.41, 5.74) is 0. The van der Waals surface area contributed by atoms with Crippen LogP contribution < -0.4 is 0 Å². The van der Waals surface area contributed by atoms with Gasteiger partial charge in [-0.3, -0.25) is 0 Å². The molecule has 56 valence electrons. The minimum absolute atomic E-state index is 0.721. The van der Waals surface area contributed by atoms with Gasteiger partial charge in [0.2, 0.25) is 0 Å². The summed E-state index contributed by atoms with van der Waals surface area (Å²) in [6, 6.07) is 0. The molecule has 10 heavy (non-hydrogen) atoms. The lowest BCUT2D eigenvalue weighted by Crippen LogP contribution is -2.25. The average molecular weight is 139 g/mol. The van der Waals surface area contributed by atoms with Crippen molar-refractivity contribution in [3.63, 3.8) is 0 Å². The molecule has 3 atom stereocenters. The highest BCUT2D eigenvalue weighted by Gasteiger charge is 2.37. The molecule has 0 aromatic heterocycles. The van der Waals surface area contributed by atoms with Crippen molar-refractivity contribution in [2.45, 2.75) is 6.42 Å². The zero-order valence-corrected chi connectivity index (χ0v) is 6.12. The van der Waals surface area contributed by atoms with E-state index in [1.807, 2.05) is 0 Å². The molecule has 0 aromatic carbocycles. The Morgan fingerprint density at radius 3 is 2.90 bits per heavy atom. The molecule has 2 rings (SSSR count). The van der Waals surface area contributed by atoms with Crippen LogP contribution in [0.1, 0.15) is 6.42 Å². The fourth-order valence-electron chi connectivity index (χ4n) is 2.21. The van der Waals surface area contributed by atoms with E-state index in [0.29, 0.717) is 0 Å². The van der Waals surface area contributed by atoms with Gasteiger partial charge in [-0.15, -0.1) is 0 Å². The first-order valence-corrected chi connectivity index (χ1v) is 3.94. The van der Waals surface area contributed by atoms with Crippen molar-refractivity contribution in [2.24, 2.45) is 11.8 Å². The van der Waals surface area contributed by atoms with Gasteiger partial charge in [0.05, 0.1) is 6.61 Å².